The van der Waals surface area contributed by atoms with Gasteiger partial charge in [0.15, 0.2) is 0 Å². The summed E-state index contributed by atoms with van der Waals surface area (Å²) in [6, 6.07) is 5.36. The third kappa shape index (κ3) is 1.27. The van der Waals surface area contributed by atoms with Gasteiger partial charge < -0.3 is 13.9 Å². The van der Waals surface area contributed by atoms with E-state index in [0.717, 1.165) is 11.1 Å². The van der Waals surface area contributed by atoms with Crippen molar-refractivity contribution in [1.29, 1.82) is 0 Å². The van der Waals surface area contributed by atoms with E-state index in [2.05, 4.69) is 0 Å². The van der Waals surface area contributed by atoms with Gasteiger partial charge in [-0.05, 0) is 32.0 Å². The Kier molecular flexibility index (Phi) is 1.84. The monoisotopic (exact) mass is 230 g/mol. The van der Waals surface area contributed by atoms with Crippen LogP contribution in [-0.4, -0.2) is 11.1 Å². The fourth-order valence-corrected chi connectivity index (χ4v) is 2.21. The molecule has 17 heavy (non-hydrogen) atoms. The summed E-state index contributed by atoms with van der Waals surface area (Å²) < 4.78 is 10.9. The Morgan fingerprint density at radius 2 is 1.88 bits per heavy atom. The van der Waals surface area contributed by atoms with Crippen molar-refractivity contribution in [2.24, 2.45) is 0 Å². The highest BCUT2D eigenvalue weighted by Gasteiger charge is 2.20. The van der Waals surface area contributed by atoms with Gasteiger partial charge in [-0.1, -0.05) is 0 Å². The summed E-state index contributed by atoms with van der Waals surface area (Å²) in [7, 11) is 0. The van der Waals surface area contributed by atoms with Gasteiger partial charge in [-0.3, -0.25) is 0 Å². The second kappa shape index (κ2) is 3.13. The molecule has 0 radical (unpaired) electrons. The fraction of sp³-hybridized carbons (Fsp3) is 0.154. The van der Waals surface area contributed by atoms with Crippen molar-refractivity contribution < 1.29 is 18.7 Å². The van der Waals surface area contributed by atoms with Crippen LogP contribution in [0.2, 0.25) is 0 Å². The molecule has 0 aliphatic heterocycles. The number of carbonyl (C=O) groups is 1. The highest BCUT2D eigenvalue weighted by molar-refractivity contribution is 6.14. The lowest BCUT2D eigenvalue weighted by Gasteiger charge is -1.93. The van der Waals surface area contributed by atoms with Gasteiger partial charge in [0, 0.05) is 10.8 Å². The highest BCUT2D eigenvalue weighted by atomic mass is 16.4. The molecular formula is C13H10O4. The van der Waals surface area contributed by atoms with Crippen LogP contribution < -0.4 is 0 Å². The molecule has 0 unspecified atom stereocenters. The zero-order valence-corrected chi connectivity index (χ0v) is 9.40. The van der Waals surface area contributed by atoms with Crippen molar-refractivity contribution in [2.45, 2.75) is 13.8 Å². The summed E-state index contributed by atoms with van der Waals surface area (Å²) in [6.07, 6.45) is 0. The summed E-state index contributed by atoms with van der Waals surface area (Å²) in [6.45, 7) is 3.49. The molecule has 4 heteroatoms. The molecule has 1 aromatic carbocycles. The number of aromatic carboxylic acids is 1. The zero-order valence-electron chi connectivity index (χ0n) is 9.40. The molecule has 0 aliphatic rings. The average Bonchev–Trinajstić information content (AvgIpc) is 2.75. The van der Waals surface area contributed by atoms with Crippen molar-refractivity contribution in [2.75, 3.05) is 0 Å². The van der Waals surface area contributed by atoms with Crippen molar-refractivity contribution >= 4 is 27.9 Å². The first-order valence-electron chi connectivity index (χ1n) is 5.23. The van der Waals surface area contributed by atoms with E-state index in [1.165, 1.54) is 0 Å². The molecule has 3 aromatic rings. The van der Waals surface area contributed by atoms with Gasteiger partial charge >= 0.3 is 5.97 Å². The smallest absolute Gasteiger partial charge is 0.339 e. The molecule has 0 bridgehead atoms. The SMILES string of the molecule is Cc1cc2c(ccc3oc(C)c(C(=O)O)c32)o1. The number of fused-ring (bicyclic) bond motifs is 3. The number of furan rings is 2. The predicted octanol–water partition coefficient (Wildman–Crippen LogP) is 3.49. The van der Waals surface area contributed by atoms with Crippen LogP contribution in [0, 0.1) is 13.8 Å². The first-order chi connectivity index (χ1) is 8.08. The van der Waals surface area contributed by atoms with Crippen molar-refractivity contribution in [3.63, 3.8) is 0 Å². The maximum Gasteiger partial charge on any atom is 0.339 e. The second-order valence-electron chi connectivity index (χ2n) is 4.05. The van der Waals surface area contributed by atoms with Gasteiger partial charge in [-0.15, -0.1) is 0 Å². The first kappa shape index (κ1) is 9.96. The molecule has 1 N–H and O–H groups in total. The Hall–Kier alpha value is -2.23. The molecule has 3 rings (SSSR count). The minimum atomic E-state index is -0.979. The summed E-state index contributed by atoms with van der Waals surface area (Å²) in [5.74, 6) is 0.189. The van der Waals surface area contributed by atoms with E-state index < -0.39 is 5.97 Å². The zero-order chi connectivity index (χ0) is 12.2. The lowest BCUT2D eigenvalue weighted by molar-refractivity contribution is 0.0697. The van der Waals surface area contributed by atoms with E-state index in [4.69, 9.17) is 8.83 Å². The van der Waals surface area contributed by atoms with E-state index in [9.17, 15) is 9.90 Å². The number of benzene rings is 1. The van der Waals surface area contributed by atoms with Crippen LogP contribution in [0.15, 0.2) is 27.0 Å². The molecule has 2 heterocycles. The summed E-state index contributed by atoms with van der Waals surface area (Å²) in [5.41, 5.74) is 1.47. The number of hydrogen-bond donors (Lipinski definition) is 1. The molecule has 0 amide bonds. The largest absolute Gasteiger partial charge is 0.478 e. The fourth-order valence-electron chi connectivity index (χ4n) is 2.21. The number of carboxylic acids is 1. The molecule has 86 valence electrons. The standard InChI is InChI=1S/C13H10O4/c1-6-5-8-9(16-6)3-4-10-12(8)11(13(14)15)7(2)17-10/h3-5H,1-2H3,(H,14,15). The Bertz CT molecular complexity index is 746. The van der Waals surface area contributed by atoms with Crippen LogP contribution in [0.1, 0.15) is 21.9 Å². The molecule has 0 atom stereocenters. The number of aryl methyl sites for hydroxylation is 2. The van der Waals surface area contributed by atoms with Gasteiger partial charge in [-0.25, -0.2) is 4.79 Å². The van der Waals surface area contributed by atoms with E-state index in [1.54, 1.807) is 19.1 Å². The summed E-state index contributed by atoms with van der Waals surface area (Å²) in [5, 5.41) is 10.6. The molecule has 4 nitrogen and oxygen atoms in total. The number of carboxylic acid groups (broad SMARTS) is 1. The molecule has 0 aliphatic carbocycles. The molecule has 0 spiro atoms. The van der Waals surface area contributed by atoms with Crippen LogP contribution in [0.25, 0.3) is 21.9 Å². The van der Waals surface area contributed by atoms with Crippen LogP contribution in [0.5, 0.6) is 0 Å². The van der Waals surface area contributed by atoms with Crippen LogP contribution in [0.4, 0.5) is 0 Å². The third-order valence-corrected chi connectivity index (χ3v) is 2.86. The Morgan fingerprint density at radius 3 is 2.59 bits per heavy atom. The second-order valence-corrected chi connectivity index (χ2v) is 4.05. The summed E-state index contributed by atoms with van der Waals surface area (Å²) >= 11 is 0. The van der Waals surface area contributed by atoms with Crippen LogP contribution in [0.3, 0.4) is 0 Å². The lowest BCUT2D eigenvalue weighted by atomic mass is 10.1. The van der Waals surface area contributed by atoms with E-state index in [0.29, 0.717) is 22.3 Å². The normalized spacial score (nSPS) is 11.4. The van der Waals surface area contributed by atoms with Gasteiger partial charge in [-0.2, -0.15) is 0 Å². The van der Waals surface area contributed by atoms with Crippen molar-refractivity contribution in [1.82, 2.24) is 0 Å². The maximum atomic E-state index is 11.3. The predicted molar refractivity (Wildman–Crippen MR) is 62.4 cm³/mol. The van der Waals surface area contributed by atoms with Gasteiger partial charge in [0.1, 0.15) is 28.2 Å². The van der Waals surface area contributed by atoms with Crippen molar-refractivity contribution in [3.8, 4) is 0 Å². The van der Waals surface area contributed by atoms with Gasteiger partial charge in [0.05, 0.1) is 0 Å². The van der Waals surface area contributed by atoms with Gasteiger partial charge in [0.25, 0.3) is 0 Å². The quantitative estimate of drug-likeness (QED) is 0.694. The third-order valence-electron chi connectivity index (χ3n) is 2.86. The number of hydrogen-bond acceptors (Lipinski definition) is 3. The highest BCUT2D eigenvalue weighted by Crippen LogP contribution is 2.33. The minimum absolute atomic E-state index is 0.214. The number of rotatable bonds is 1. The molecular weight excluding hydrogens is 220 g/mol. The first-order valence-corrected chi connectivity index (χ1v) is 5.23. The molecule has 0 saturated carbocycles. The van der Waals surface area contributed by atoms with Crippen LogP contribution in [-0.2, 0) is 0 Å². The Morgan fingerprint density at radius 1 is 1.18 bits per heavy atom. The van der Waals surface area contributed by atoms with E-state index in [-0.39, 0.29) is 5.56 Å². The average molecular weight is 230 g/mol. The molecule has 0 fully saturated rings. The topological polar surface area (TPSA) is 63.6 Å². The molecule has 0 saturated heterocycles. The maximum absolute atomic E-state index is 11.3. The van der Waals surface area contributed by atoms with Gasteiger partial charge in [0.2, 0.25) is 0 Å². The van der Waals surface area contributed by atoms with E-state index in [1.807, 2.05) is 13.0 Å². The molecule has 2 aromatic heterocycles. The Balaban J connectivity index is 2.58. The van der Waals surface area contributed by atoms with Crippen molar-refractivity contribution in [3.05, 3.63) is 35.3 Å². The lowest BCUT2D eigenvalue weighted by Crippen LogP contribution is -1.96. The Labute approximate surface area is 96.4 Å². The minimum Gasteiger partial charge on any atom is -0.478 e. The van der Waals surface area contributed by atoms with E-state index >= 15 is 0 Å². The summed E-state index contributed by atoms with van der Waals surface area (Å²) in [4.78, 5) is 11.3. The van der Waals surface area contributed by atoms with Crippen LogP contribution >= 0.6 is 0 Å².